The molecule has 1 heterocycles. The highest BCUT2D eigenvalue weighted by molar-refractivity contribution is 5.13. The van der Waals surface area contributed by atoms with E-state index in [0.29, 0.717) is 6.61 Å². The van der Waals surface area contributed by atoms with Gasteiger partial charge in [-0.25, -0.2) is 0 Å². The Morgan fingerprint density at radius 1 is 0.929 bits per heavy atom. The van der Waals surface area contributed by atoms with E-state index in [4.69, 9.17) is 12.2 Å². The molecule has 0 unspecified atom stereocenters. The highest BCUT2D eigenvalue weighted by Crippen LogP contribution is 2.30. The molecule has 0 aliphatic carbocycles. The van der Waals surface area contributed by atoms with Gasteiger partial charge in [-0.1, -0.05) is 114 Å². The van der Waals surface area contributed by atoms with E-state index in [9.17, 15) is 5.11 Å². The van der Waals surface area contributed by atoms with Crippen LogP contribution in [0.4, 0.5) is 0 Å². The van der Waals surface area contributed by atoms with E-state index in [1.165, 1.54) is 70.6 Å². The summed E-state index contributed by atoms with van der Waals surface area (Å²) >= 11 is 0. The van der Waals surface area contributed by atoms with Crippen LogP contribution in [0, 0.1) is 0 Å². The highest BCUT2D eigenvalue weighted by Gasteiger charge is 2.44. The second-order valence-corrected chi connectivity index (χ2v) is 8.16. The van der Waals surface area contributed by atoms with E-state index in [1.54, 1.807) is 0 Å². The van der Waals surface area contributed by atoms with E-state index in [2.05, 4.69) is 6.92 Å². The van der Waals surface area contributed by atoms with Gasteiger partial charge in [-0.3, -0.25) is 0 Å². The Hall–Kier alpha value is -0.900. The van der Waals surface area contributed by atoms with Gasteiger partial charge >= 0.3 is 0 Å². The van der Waals surface area contributed by atoms with Crippen LogP contribution in [0.1, 0.15) is 98.7 Å². The van der Waals surface area contributed by atoms with Crippen molar-refractivity contribution in [3.8, 4) is 0 Å². The van der Waals surface area contributed by atoms with Crippen molar-refractivity contribution in [2.75, 3.05) is 6.56 Å². The Kier molecular flexibility index (Phi) is 10.9. The Balaban J connectivity index is 1.58. The second kappa shape index (κ2) is 15.0. The number of hydrogen-bond donors (Lipinski definition) is 1. The molecule has 1 fully saturated rings. The van der Waals surface area contributed by atoms with E-state index < -0.39 is 12.7 Å². The average molecular weight is 395 g/mol. The fourth-order valence-electron chi connectivity index (χ4n) is 3.82. The number of hydrogen-bond acceptors (Lipinski definition) is 3. The fourth-order valence-corrected chi connectivity index (χ4v) is 3.82. The van der Waals surface area contributed by atoms with Crippen LogP contribution in [-0.4, -0.2) is 30.0 Å². The smallest absolute Gasteiger partial charge is 0.113 e. The zero-order valence-electron chi connectivity index (χ0n) is 19.8. The molecular formula is C25H42O3. The normalized spacial score (nSPS) is 21.2. The SMILES string of the molecule is [2H][13C]([2H])(O)[13C@H]1O[C@@H]1[C@@H](CCCCCCCCCCCCCC)OCc1ccccc1. The maximum absolute atomic E-state index is 9.59. The molecule has 0 bridgehead atoms. The number of benzene rings is 1. The van der Waals surface area contributed by atoms with Crippen molar-refractivity contribution >= 4 is 0 Å². The largest absolute Gasteiger partial charge is 0.394 e. The van der Waals surface area contributed by atoms with Crippen molar-refractivity contribution in [2.24, 2.45) is 0 Å². The molecule has 1 saturated heterocycles. The topological polar surface area (TPSA) is 42.0 Å². The zero-order chi connectivity index (χ0) is 21.7. The maximum Gasteiger partial charge on any atom is 0.113 e. The van der Waals surface area contributed by atoms with Crippen LogP contribution < -0.4 is 0 Å². The van der Waals surface area contributed by atoms with Gasteiger partial charge < -0.3 is 14.6 Å². The summed E-state index contributed by atoms with van der Waals surface area (Å²) in [6, 6.07) is 10.0. The van der Waals surface area contributed by atoms with Gasteiger partial charge in [0.05, 0.1) is 22.0 Å². The van der Waals surface area contributed by atoms with Crippen LogP contribution >= 0.6 is 0 Å². The van der Waals surface area contributed by atoms with Gasteiger partial charge in [-0.2, -0.15) is 0 Å². The summed E-state index contributed by atoms with van der Waals surface area (Å²) in [5.41, 5.74) is 1.10. The van der Waals surface area contributed by atoms with Crippen LogP contribution in [0.15, 0.2) is 30.3 Å². The Bertz CT molecular complexity index is 547. The minimum absolute atomic E-state index is 0.166. The van der Waals surface area contributed by atoms with Crippen molar-refractivity contribution in [2.45, 2.75) is 115 Å². The molecule has 1 aromatic rings. The third kappa shape index (κ3) is 10.0. The van der Waals surface area contributed by atoms with Gasteiger partial charge in [0, 0.05) is 0 Å². The second-order valence-electron chi connectivity index (χ2n) is 8.16. The summed E-state index contributed by atoms with van der Waals surface area (Å²) in [6.07, 6.45) is 15.3. The summed E-state index contributed by atoms with van der Waals surface area (Å²) in [4.78, 5) is 0. The number of ether oxygens (including phenoxy) is 2. The summed E-state index contributed by atoms with van der Waals surface area (Å²) < 4.78 is 26.5. The summed E-state index contributed by atoms with van der Waals surface area (Å²) in [7, 11) is 0. The van der Waals surface area contributed by atoms with Crippen molar-refractivity contribution in [3.63, 3.8) is 0 Å². The molecule has 1 aromatic carbocycles. The first-order valence-electron chi connectivity index (χ1n) is 12.6. The first kappa shape index (κ1) is 20.4. The van der Waals surface area contributed by atoms with Gasteiger partial charge in [0.1, 0.15) is 12.2 Å². The minimum Gasteiger partial charge on any atom is -0.394 e. The molecular weight excluding hydrogens is 350 g/mol. The Morgan fingerprint density at radius 2 is 1.50 bits per heavy atom. The molecule has 0 radical (unpaired) electrons. The van der Waals surface area contributed by atoms with Crippen molar-refractivity contribution < 1.29 is 17.3 Å². The molecule has 160 valence electrons. The monoisotopic (exact) mass is 394 g/mol. The van der Waals surface area contributed by atoms with Crippen LogP contribution in [0.5, 0.6) is 0 Å². The molecule has 0 aromatic heterocycles. The standard InChI is InChI=1S/C25H42O3/c1-2-3-4-5-6-7-8-9-10-11-12-16-19-23(25-24(20-26)28-25)27-21-22-17-14-13-15-18-22/h13-15,17-18,23-26H,2-12,16,19-21H2,1H3/t23-,24-,25-/m1/s1/i20+1D2,24+1. The molecule has 1 N–H and O–H groups in total. The van der Waals surface area contributed by atoms with Gasteiger partial charge in [-0.05, 0) is 12.0 Å². The van der Waals surface area contributed by atoms with Gasteiger partial charge in [0.15, 0.2) is 0 Å². The molecule has 0 amide bonds. The van der Waals surface area contributed by atoms with E-state index in [1.807, 2.05) is 30.3 Å². The average Bonchev–Trinajstić information content (AvgIpc) is 3.53. The van der Waals surface area contributed by atoms with Gasteiger partial charge in [0.2, 0.25) is 0 Å². The zero-order valence-corrected chi connectivity index (χ0v) is 17.8. The summed E-state index contributed by atoms with van der Waals surface area (Å²) in [5.74, 6) is 0. The number of epoxide rings is 1. The maximum atomic E-state index is 9.59. The molecule has 0 spiro atoms. The highest BCUT2D eigenvalue weighted by atomic mass is 16.7. The Labute approximate surface area is 175 Å². The van der Waals surface area contributed by atoms with Crippen LogP contribution in [0.3, 0.4) is 0 Å². The lowest BCUT2D eigenvalue weighted by Crippen LogP contribution is -2.22. The molecule has 3 heteroatoms. The Morgan fingerprint density at radius 3 is 2.04 bits per heavy atom. The van der Waals surface area contributed by atoms with E-state index >= 15 is 0 Å². The summed E-state index contributed by atoms with van der Waals surface area (Å²) in [5, 5.41) is 9.59. The lowest BCUT2D eigenvalue weighted by atomic mass is 10.0. The quantitative estimate of drug-likeness (QED) is 0.177. The van der Waals surface area contributed by atoms with E-state index in [0.717, 1.165) is 18.4 Å². The van der Waals surface area contributed by atoms with Crippen LogP contribution in [-0.2, 0) is 16.1 Å². The molecule has 28 heavy (non-hydrogen) atoms. The van der Waals surface area contributed by atoms with Crippen molar-refractivity contribution in [3.05, 3.63) is 35.9 Å². The third-order valence-electron chi connectivity index (χ3n) is 5.67. The number of rotatable bonds is 18. The number of unbranched alkanes of at least 4 members (excludes halogenated alkanes) is 11. The van der Waals surface area contributed by atoms with Gasteiger partial charge in [0.25, 0.3) is 0 Å². The fraction of sp³-hybridized carbons (Fsp3) is 0.760. The minimum atomic E-state index is -2.30. The lowest BCUT2D eigenvalue weighted by Gasteiger charge is -2.16. The predicted molar refractivity (Wildman–Crippen MR) is 116 cm³/mol. The van der Waals surface area contributed by atoms with Crippen molar-refractivity contribution in [1.82, 2.24) is 0 Å². The molecule has 3 atom stereocenters. The molecule has 1 aliphatic heterocycles. The summed E-state index contributed by atoms with van der Waals surface area (Å²) in [6.45, 7) is 0.457. The first-order valence-corrected chi connectivity index (χ1v) is 11.6. The molecule has 0 saturated carbocycles. The molecule has 1 aliphatic rings. The van der Waals surface area contributed by atoms with Crippen molar-refractivity contribution in [1.29, 1.82) is 0 Å². The number of aliphatic hydroxyl groups is 1. The third-order valence-corrected chi connectivity index (χ3v) is 5.67. The van der Waals surface area contributed by atoms with Gasteiger partial charge in [-0.15, -0.1) is 0 Å². The lowest BCUT2D eigenvalue weighted by molar-refractivity contribution is 0.0147. The molecule has 2 rings (SSSR count). The molecule has 3 nitrogen and oxygen atoms in total. The van der Waals surface area contributed by atoms with Crippen LogP contribution in [0.2, 0.25) is 0 Å². The van der Waals surface area contributed by atoms with E-state index in [-0.39, 0.29) is 12.2 Å². The first-order chi connectivity index (χ1) is 14.5. The predicted octanol–water partition coefficient (Wildman–Crippen LogP) is 6.42. The van der Waals surface area contributed by atoms with Crippen LogP contribution in [0.25, 0.3) is 0 Å².